The summed E-state index contributed by atoms with van der Waals surface area (Å²) in [6, 6.07) is 17.0. The Balaban J connectivity index is 1.51. The van der Waals surface area contributed by atoms with Crippen molar-refractivity contribution >= 4 is 35.2 Å². The molecule has 0 saturated carbocycles. The molecule has 3 aromatic rings. The monoisotopic (exact) mass is 466 g/mol. The van der Waals surface area contributed by atoms with E-state index in [9.17, 15) is 19.2 Å². The molecule has 0 aliphatic rings. The maximum Gasteiger partial charge on any atom is 0.337 e. The van der Waals surface area contributed by atoms with Gasteiger partial charge in [0.2, 0.25) is 11.8 Å². The standard InChI is InChI=1S/C23H22N4O5S/c1-32-22(31)16-7-9-17(10-8-16)25-21(30)14-33-23-26-18(12-20(29)27-23)11-19(28)24-13-15-5-3-2-4-6-15/h2-10,12H,11,13-14H2,1H3,(H,24,28)(H,25,30)(H,26,27,29). The van der Waals surface area contributed by atoms with Gasteiger partial charge in [0.1, 0.15) is 0 Å². The smallest absolute Gasteiger partial charge is 0.337 e. The summed E-state index contributed by atoms with van der Waals surface area (Å²) in [4.78, 5) is 54.6. The van der Waals surface area contributed by atoms with Crippen LogP contribution in [0.25, 0.3) is 0 Å². The van der Waals surface area contributed by atoms with Crippen LogP contribution in [0.4, 0.5) is 5.69 Å². The Labute approximate surface area is 194 Å². The Bertz CT molecular complexity index is 1180. The van der Waals surface area contributed by atoms with E-state index < -0.39 is 11.5 Å². The van der Waals surface area contributed by atoms with E-state index in [2.05, 4.69) is 25.3 Å². The van der Waals surface area contributed by atoms with Gasteiger partial charge in [-0.05, 0) is 29.8 Å². The van der Waals surface area contributed by atoms with Gasteiger partial charge in [-0.1, -0.05) is 42.1 Å². The number of nitrogens with zero attached hydrogens (tertiary/aromatic N) is 1. The number of aromatic amines is 1. The van der Waals surface area contributed by atoms with Gasteiger partial charge in [-0.15, -0.1) is 0 Å². The molecule has 0 bridgehead atoms. The molecular weight excluding hydrogens is 444 g/mol. The van der Waals surface area contributed by atoms with Crippen molar-refractivity contribution in [2.45, 2.75) is 18.1 Å². The fourth-order valence-electron chi connectivity index (χ4n) is 2.80. The number of nitrogens with one attached hydrogen (secondary N) is 3. The van der Waals surface area contributed by atoms with Crippen molar-refractivity contribution in [2.24, 2.45) is 0 Å². The van der Waals surface area contributed by atoms with Gasteiger partial charge in [0.15, 0.2) is 5.16 Å². The normalized spacial score (nSPS) is 10.3. The fourth-order valence-corrected chi connectivity index (χ4v) is 3.50. The number of amides is 2. The number of carbonyl (C=O) groups excluding carboxylic acids is 3. The van der Waals surface area contributed by atoms with Crippen LogP contribution in [0.2, 0.25) is 0 Å². The molecule has 0 radical (unpaired) electrons. The van der Waals surface area contributed by atoms with E-state index in [-0.39, 0.29) is 29.1 Å². The van der Waals surface area contributed by atoms with E-state index in [1.165, 1.54) is 13.2 Å². The summed E-state index contributed by atoms with van der Waals surface area (Å²) in [5, 5.41) is 5.72. The van der Waals surface area contributed by atoms with Crippen LogP contribution in [-0.2, 0) is 27.3 Å². The summed E-state index contributed by atoms with van der Waals surface area (Å²) in [6.07, 6.45) is -0.0525. The molecule has 0 aliphatic heterocycles. The Hall–Kier alpha value is -3.92. The third kappa shape index (κ3) is 7.62. The maximum absolute atomic E-state index is 12.2. The first-order valence-electron chi connectivity index (χ1n) is 9.95. The molecule has 0 saturated heterocycles. The number of esters is 1. The summed E-state index contributed by atoms with van der Waals surface area (Å²) in [5.74, 6) is -1.06. The second-order valence-electron chi connectivity index (χ2n) is 6.89. The average Bonchev–Trinajstić information content (AvgIpc) is 2.82. The van der Waals surface area contributed by atoms with E-state index in [1.54, 1.807) is 24.3 Å². The molecule has 0 atom stereocenters. The van der Waals surface area contributed by atoms with E-state index in [1.807, 2.05) is 30.3 Å². The molecule has 33 heavy (non-hydrogen) atoms. The van der Waals surface area contributed by atoms with Gasteiger partial charge in [0, 0.05) is 18.3 Å². The van der Waals surface area contributed by atoms with Crippen molar-refractivity contribution in [2.75, 3.05) is 18.2 Å². The summed E-state index contributed by atoms with van der Waals surface area (Å²) < 4.78 is 4.63. The molecule has 3 N–H and O–H groups in total. The van der Waals surface area contributed by atoms with Gasteiger partial charge < -0.3 is 20.4 Å². The zero-order valence-corrected chi connectivity index (χ0v) is 18.6. The number of aromatic nitrogens is 2. The summed E-state index contributed by atoms with van der Waals surface area (Å²) in [7, 11) is 1.29. The molecule has 3 rings (SSSR count). The molecule has 170 valence electrons. The van der Waals surface area contributed by atoms with Crippen molar-refractivity contribution in [3.05, 3.63) is 87.8 Å². The number of thioether (sulfide) groups is 1. The highest BCUT2D eigenvalue weighted by Gasteiger charge is 2.11. The molecule has 0 fully saturated rings. The Kier molecular flexibility index (Phi) is 8.36. The van der Waals surface area contributed by atoms with Crippen LogP contribution in [0, 0.1) is 0 Å². The first kappa shape index (κ1) is 23.7. The second kappa shape index (κ2) is 11.6. The highest BCUT2D eigenvalue weighted by atomic mass is 32.2. The minimum absolute atomic E-state index is 0.00858. The SMILES string of the molecule is COC(=O)c1ccc(NC(=O)CSc2nc(CC(=O)NCc3ccccc3)cc(=O)[nH]2)cc1. The highest BCUT2D eigenvalue weighted by molar-refractivity contribution is 7.99. The van der Waals surface area contributed by atoms with Crippen molar-refractivity contribution in [1.82, 2.24) is 15.3 Å². The first-order chi connectivity index (χ1) is 15.9. The number of carbonyl (C=O) groups is 3. The zero-order valence-electron chi connectivity index (χ0n) is 17.8. The second-order valence-corrected chi connectivity index (χ2v) is 7.85. The lowest BCUT2D eigenvalue weighted by Gasteiger charge is -2.07. The molecule has 2 aromatic carbocycles. The Morgan fingerprint density at radius 3 is 2.45 bits per heavy atom. The van der Waals surface area contributed by atoms with Gasteiger partial charge >= 0.3 is 5.97 Å². The number of hydrogen-bond donors (Lipinski definition) is 3. The van der Waals surface area contributed by atoms with Crippen LogP contribution in [0.1, 0.15) is 21.6 Å². The minimum Gasteiger partial charge on any atom is -0.465 e. The number of rotatable bonds is 9. The lowest BCUT2D eigenvalue weighted by atomic mass is 10.2. The third-order valence-corrected chi connectivity index (χ3v) is 5.25. The number of anilines is 1. The van der Waals surface area contributed by atoms with Crippen molar-refractivity contribution in [1.29, 1.82) is 0 Å². The topological polar surface area (TPSA) is 130 Å². The van der Waals surface area contributed by atoms with Crippen LogP contribution in [0.15, 0.2) is 70.6 Å². The van der Waals surface area contributed by atoms with Crippen LogP contribution < -0.4 is 16.2 Å². The number of methoxy groups -OCH3 is 1. The predicted molar refractivity (Wildman–Crippen MR) is 124 cm³/mol. The summed E-state index contributed by atoms with van der Waals surface area (Å²) in [5.41, 5.74) is 1.75. The minimum atomic E-state index is -0.466. The quantitative estimate of drug-likeness (QED) is 0.250. The molecule has 10 heteroatoms. The van der Waals surface area contributed by atoms with E-state index in [0.29, 0.717) is 23.5 Å². The van der Waals surface area contributed by atoms with Gasteiger partial charge in [-0.2, -0.15) is 0 Å². The molecule has 0 spiro atoms. The van der Waals surface area contributed by atoms with E-state index in [0.717, 1.165) is 17.3 Å². The number of benzene rings is 2. The Morgan fingerprint density at radius 2 is 1.76 bits per heavy atom. The highest BCUT2D eigenvalue weighted by Crippen LogP contribution is 2.14. The first-order valence-corrected chi connectivity index (χ1v) is 10.9. The van der Waals surface area contributed by atoms with Crippen LogP contribution in [0.3, 0.4) is 0 Å². The van der Waals surface area contributed by atoms with Gasteiger partial charge in [-0.25, -0.2) is 9.78 Å². The molecular formula is C23H22N4O5S. The largest absolute Gasteiger partial charge is 0.465 e. The van der Waals surface area contributed by atoms with Gasteiger partial charge in [0.25, 0.3) is 5.56 Å². The number of H-pyrrole nitrogens is 1. The van der Waals surface area contributed by atoms with Crippen LogP contribution >= 0.6 is 11.8 Å². The van der Waals surface area contributed by atoms with Crippen molar-refractivity contribution in [3.63, 3.8) is 0 Å². The van der Waals surface area contributed by atoms with Crippen LogP contribution in [-0.4, -0.2) is 40.6 Å². The van der Waals surface area contributed by atoms with E-state index in [4.69, 9.17) is 0 Å². The summed E-state index contributed by atoms with van der Waals surface area (Å²) in [6.45, 7) is 0.380. The van der Waals surface area contributed by atoms with Crippen LogP contribution in [0.5, 0.6) is 0 Å². The molecule has 0 aliphatic carbocycles. The number of ether oxygens (including phenoxy) is 1. The predicted octanol–water partition coefficient (Wildman–Crippen LogP) is 2.15. The van der Waals surface area contributed by atoms with Crippen molar-refractivity contribution < 1.29 is 19.1 Å². The molecule has 9 nitrogen and oxygen atoms in total. The Morgan fingerprint density at radius 1 is 1.03 bits per heavy atom. The number of hydrogen-bond acceptors (Lipinski definition) is 7. The van der Waals surface area contributed by atoms with Gasteiger partial charge in [-0.3, -0.25) is 14.4 Å². The molecule has 1 aromatic heterocycles. The maximum atomic E-state index is 12.2. The van der Waals surface area contributed by atoms with Gasteiger partial charge in [0.05, 0.1) is 30.5 Å². The third-order valence-electron chi connectivity index (χ3n) is 4.38. The zero-order chi connectivity index (χ0) is 23.6. The molecule has 2 amide bonds. The lowest BCUT2D eigenvalue weighted by molar-refractivity contribution is -0.120. The van der Waals surface area contributed by atoms with E-state index >= 15 is 0 Å². The fraction of sp³-hybridized carbons (Fsp3) is 0.174. The lowest BCUT2D eigenvalue weighted by Crippen LogP contribution is -2.26. The average molecular weight is 467 g/mol. The summed E-state index contributed by atoms with van der Waals surface area (Å²) >= 11 is 1.04. The van der Waals surface area contributed by atoms with Crippen molar-refractivity contribution in [3.8, 4) is 0 Å². The molecule has 1 heterocycles. The molecule has 0 unspecified atom stereocenters.